The van der Waals surface area contributed by atoms with Gasteiger partial charge in [0.15, 0.2) is 5.78 Å². The Kier molecular flexibility index (Phi) is 6.02. The number of aryl methyl sites for hydroxylation is 1. The van der Waals surface area contributed by atoms with Gasteiger partial charge in [0.1, 0.15) is 5.54 Å². The third-order valence-corrected chi connectivity index (χ3v) is 6.55. The number of aromatic nitrogens is 1. The number of rotatable bonds is 7. The van der Waals surface area contributed by atoms with E-state index in [9.17, 15) is 14.4 Å². The lowest BCUT2D eigenvalue weighted by molar-refractivity contribution is -0.133. The molecule has 0 aliphatic carbocycles. The molecule has 2 aliphatic heterocycles. The van der Waals surface area contributed by atoms with Gasteiger partial charge in [-0.3, -0.25) is 19.4 Å². The molecule has 2 aliphatic rings. The van der Waals surface area contributed by atoms with E-state index in [1.54, 1.807) is 6.08 Å². The second kappa shape index (κ2) is 8.74. The second-order valence-corrected chi connectivity index (χ2v) is 8.81. The van der Waals surface area contributed by atoms with Crippen LogP contribution < -0.4 is 5.32 Å². The zero-order valence-corrected chi connectivity index (χ0v) is 18.8. The van der Waals surface area contributed by atoms with Crippen molar-refractivity contribution in [2.24, 2.45) is 0 Å². The van der Waals surface area contributed by atoms with Gasteiger partial charge >= 0.3 is 6.03 Å². The molecule has 4 rings (SSSR count). The van der Waals surface area contributed by atoms with Crippen LogP contribution in [0, 0.1) is 13.8 Å². The molecule has 168 valence electrons. The molecule has 1 aromatic carbocycles. The van der Waals surface area contributed by atoms with Crippen LogP contribution in [0.4, 0.5) is 4.79 Å². The number of carbonyl (C=O) groups excluding carboxylic acids is 3. The fraction of sp³-hybridized carbons (Fsp3) is 0.400. The van der Waals surface area contributed by atoms with Crippen molar-refractivity contribution in [3.8, 4) is 0 Å². The van der Waals surface area contributed by atoms with Gasteiger partial charge in [-0.05, 0) is 44.9 Å². The van der Waals surface area contributed by atoms with Crippen molar-refractivity contribution < 1.29 is 14.4 Å². The quantitative estimate of drug-likeness (QED) is 0.413. The molecule has 2 fully saturated rings. The summed E-state index contributed by atoms with van der Waals surface area (Å²) >= 11 is 0. The highest BCUT2D eigenvalue weighted by molar-refractivity contribution is 6.11. The molecular formula is C25H30N4O3. The monoisotopic (exact) mass is 434 g/mol. The van der Waals surface area contributed by atoms with Crippen LogP contribution in [0.5, 0.6) is 0 Å². The number of ketones is 1. The summed E-state index contributed by atoms with van der Waals surface area (Å²) in [5, 5.41) is 2.92. The van der Waals surface area contributed by atoms with Gasteiger partial charge in [-0.15, -0.1) is 6.58 Å². The zero-order valence-electron chi connectivity index (χ0n) is 18.8. The van der Waals surface area contributed by atoms with Crippen LogP contribution >= 0.6 is 0 Å². The lowest BCUT2D eigenvalue weighted by Crippen LogP contribution is -2.58. The standard InChI is InChI=1S/C25H30N4O3/c1-4-12-28-18(2)14-21(19(28)3)22(30)16-29-23(31)25(26-24(29)32)11-8-13-27(17-25)15-20-9-6-5-7-10-20/h4-7,9-10,14H,1,8,11-13,15-17H2,2-3H3,(H,26,32). The third-order valence-electron chi connectivity index (χ3n) is 6.55. The number of benzene rings is 1. The van der Waals surface area contributed by atoms with Crippen molar-refractivity contribution >= 4 is 17.7 Å². The highest BCUT2D eigenvalue weighted by Crippen LogP contribution is 2.29. The van der Waals surface area contributed by atoms with Gasteiger partial charge in [0.2, 0.25) is 0 Å². The van der Waals surface area contributed by atoms with E-state index >= 15 is 0 Å². The maximum Gasteiger partial charge on any atom is 0.325 e. The molecule has 0 radical (unpaired) electrons. The van der Waals surface area contributed by atoms with Gasteiger partial charge < -0.3 is 9.88 Å². The Hall–Kier alpha value is -3.19. The minimum atomic E-state index is -0.954. The first kappa shape index (κ1) is 22.0. The van der Waals surface area contributed by atoms with Gasteiger partial charge in [-0.2, -0.15) is 0 Å². The van der Waals surface area contributed by atoms with E-state index < -0.39 is 11.6 Å². The van der Waals surface area contributed by atoms with Gasteiger partial charge in [0, 0.05) is 36.6 Å². The minimum absolute atomic E-state index is 0.231. The lowest BCUT2D eigenvalue weighted by atomic mass is 9.88. The van der Waals surface area contributed by atoms with Crippen LogP contribution in [0.2, 0.25) is 0 Å². The van der Waals surface area contributed by atoms with E-state index in [0.717, 1.165) is 35.8 Å². The minimum Gasteiger partial charge on any atom is -0.345 e. The molecule has 1 unspecified atom stereocenters. The highest BCUT2D eigenvalue weighted by atomic mass is 16.2. The van der Waals surface area contributed by atoms with Gasteiger partial charge in [0.05, 0.1) is 6.54 Å². The first-order valence-corrected chi connectivity index (χ1v) is 11.1. The Bertz CT molecular complexity index is 1060. The number of amides is 3. The maximum absolute atomic E-state index is 13.4. The summed E-state index contributed by atoms with van der Waals surface area (Å²) in [6.45, 7) is 9.96. The maximum atomic E-state index is 13.4. The number of carbonyl (C=O) groups is 3. The summed E-state index contributed by atoms with van der Waals surface area (Å²) in [6.07, 6.45) is 3.17. The molecule has 1 spiro atoms. The molecule has 2 aromatic rings. The molecule has 2 saturated heterocycles. The smallest absolute Gasteiger partial charge is 0.325 e. The summed E-state index contributed by atoms with van der Waals surface area (Å²) in [6, 6.07) is 11.4. The van der Waals surface area contributed by atoms with E-state index in [4.69, 9.17) is 0 Å². The number of nitrogens with one attached hydrogen (secondary N) is 1. The van der Waals surface area contributed by atoms with Crippen LogP contribution in [-0.2, 0) is 17.9 Å². The van der Waals surface area contributed by atoms with Crippen molar-refractivity contribution in [3.63, 3.8) is 0 Å². The molecule has 1 atom stereocenters. The summed E-state index contributed by atoms with van der Waals surface area (Å²) < 4.78 is 2.00. The number of hydrogen-bond acceptors (Lipinski definition) is 4. The number of likely N-dealkylation sites (tertiary alicyclic amines) is 1. The van der Waals surface area contributed by atoms with E-state index in [1.165, 1.54) is 5.56 Å². The van der Waals surface area contributed by atoms with E-state index in [1.807, 2.05) is 42.7 Å². The van der Waals surface area contributed by atoms with Gasteiger partial charge in [-0.1, -0.05) is 36.4 Å². The van der Waals surface area contributed by atoms with Crippen molar-refractivity contribution in [2.75, 3.05) is 19.6 Å². The largest absolute Gasteiger partial charge is 0.345 e. The highest BCUT2D eigenvalue weighted by Gasteiger charge is 2.53. The first-order valence-electron chi connectivity index (χ1n) is 11.1. The summed E-state index contributed by atoms with van der Waals surface area (Å²) in [5.74, 6) is -0.528. The van der Waals surface area contributed by atoms with Crippen LogP contribution in [0.1, 0.15) is 40.2 Å². The van der Waals surface area contributed by atoms with E-state index in [0.29, 0.717) is 25.1 Å². The van der Waals surface area contributed by atoms with Crippen LogP contribution in [-0.4, -0.2) is 57.3 Å². The van der Waals surface area contributed by atoms with Crippen molar-refractivity contribution in [1.82, 2.24) is 19.7 Å². The molecule has 1 aromatic heterocycles. The summed E-state index contributed by atoms with van der Waals surface area (Å²) in [7, 11) is 0. The Morgan fingerprint density at radius 1 is 1.22 bits per heavy atom. The third kappa shape index (κ3) is 4.00. The fourth-order valence-corrected chi connectivity index (χ4v) is 4.94. The number of piperidine rings is 1. The van der Waals surface area contributed by atoms with E-state index in [2.05, 4.69) is 28.9 Å². The van der Waals surface area contributed by atoms with Crippen molar-refractivity contribution in [2.45, 2.75) is 45.3 Å². The number of nitrogens with zero attached hydrogens (tertiary/aromatic N) is 3. The topological polar surface area (TPSA) is 74.7 Å². The Morgan fingerprint density at radius 2 is 1.97 bits per heavy atom. The summed E-state index contributed by atoms with van der Waals surface area (Å²) in [5.41, 5.74) is 2.53. The molecule has 3 heterocycles. The molecule has 3 amide bonds. The zero-order chi connectivity index (χ0) is 22.9. The van der Waals surface area contributed by atoms with Crippen LogP contribution in [0.25, 0.3) is 0 Å². The molecule has 7 nitrogen and oxygen atoms in total. The Morgan fingerprint density at radius 3 is 2.69 bits per heavy atom. The molecule has 32 heavy (non-hydrogen) atoms. The molecule has 1 N–H and O–H groups in total. The number of imide groups is 1. The predicted octanol–water partition coefficient (Wildman–Crippen LogP) is 3.06. The first-order chi connectivity index (χ1) is 15.3. The number of Topliss-reactive ketones (excluding diaryl/α,β-unsaturated/α-hetero) is 1. The molecular weight excluding hydrogens is 404 g/mol. The number of hydrogen-bond donors (Lipinski definition) is 1. The van der Waals surface area contributed by atoms with Crippen molar-refractivity contribution in [3.05, 3.63) is 71.6 Å². The van der Waals surface area contributed by atoms with Gasteiger partial charge in [-0.25, -0.2) is 4.79 Å². The summed E-state index contributed by atoms with van der Waals surface area (Å²) in [4.78, 5) is 42.4. The Balaban J connectivity index is 1.48. The average molecular weight is 435 g/mol. The van der Waals surface area contributed by atoms with Crippen molar-refractivity contribution in [1.29, 1.82) is 0 Å². The second-order valence-electron chi connectivity index (χ2n) is 8.81. The lowest BCUT2D eigenvalue weighted by Gasteiger charge is -2.38. The number of urea groups is 1. The Labute approximate surface area is 188 Å². The predicted molar refractivity (Wildman–Crippen MR) is 122 cm³/mol. The molecule has 7 heteroatoms. The number of allylic oxidation sites excluding steroid dienone is 1. The fourth-order valence-electron chi connectivity index (χ4n) is 4.94. The average Bonchev–Trinajstić information content (AvgIpc) is 3.17. The SMILES string of the molecule is C=CCn1c(C)cc(C(=O)CN2C(=O)NC3(CCCN(Cc4ccccc4)C3)C2=O)c1C. The van der Waals surface area contributed by atoms with Gasteiger partial charge in [0.25, 0.3) is 5.91 Å². The van der Waals surface area contributed by atoms with E-state index in [-0.39, 0.29) is 18.2 Å². The van der Waals surface area contributed by atoms with Crippen LogP contribution in [0.15, 0.2) is 49.1 Å². The normalized spacial score (nSPS) is 21.2. The van der Waals surface area contributed by atoms with Crippen LogP contribution in [0.3, 0.4) is 0 Å². The molecule has 0 saturated carbocycles. The molecule has 0 bridgehead atoms.